The number of hydrogen-bond acceptors (Lipinski definition) is 2. The van der Waals surface area contributed by atoms with Crippen LogP contribution in [0.15, 0.2) is 12.7 Å². The number of piperidine rings is 1. The van der Waals surface area contributed by atoms with Gasteiger partial charge >= 0.3 is 0 Å². The Balaban J connectivity index is 2.35. The average Bonchev–Trinajstić information content (AvgIpc) is 2.16. The lowest BCUT2D eigenvalue weighted by Crippen LogP contribution is -2.46. The zero-order valence-electron chi connectivity index (χ0n) is 9.88. The Kier molecular flexibility index (Phi) is 4.33. The van der Waals surface area contributed by atoms with Gasteiger partial charge in [0.15, 0.2) is 0 Å². The van der Waals surface area contributed by atoms with Gasteiger partial charge in [-0.1, -0.05) is 19.9 Å². The summed E-state index contributed by atoms with van der Waals surface area (Å²) in [4.78, 5) is 13.8. The topological polar surface area (TPSA) is 32.3 Å². The molecule has 0 aromatic heterocycles. The third-order valence-electron chi connectivity index (χ3n) is 2.82. The monoisotopic (exact) mass is 210 g/mol. The molecule has 1 N–H and O–H groups in total. The maximum absolute atomic E-state index is 11.8. The maximum atomic E-state index is 11.8. The van der Waals surface area contributed by atoms with E-state index in [2.05, 4.69) is 25.7 Å². The zero-order chi connectivity index (χ0) is 11.3. The third-order valence-corrected chi connectivity index (χ3v) is 2.82. The summed E-state index contributed by atoms with van der Waals surface area (Å²) in [5.74, 6) is 0.213. The number of nitrogens with zero attached hydrogens (tertiary/aromatic N) is 1. The molecule has 1 aliphatic rings. The second-order valence-electron chi connectivity index (χ2n) is 5.00. The molecule has 0 bridgehead atoms. The smallest absolute Gasteiger partial charge is 0.236 e. The number of nitrogens with one attached hydrogen (secondary N) is 1. The van der Waals surface area contributed by atoms with Crippen molar-refractivity contribution in [2.75, 3.05) is 26.2 Å². The molecule has 3 nitrogen and oxygen atoms in total. The molecule has 0 aromatic rings. The van der Waals surface area contributed by atoms with Crippen LogP contribution >= 0.6 is 0 Å². The van der Waals surface area contributed by atoms with Gasteiger partial charge in [0.25, 0.3) is 0 Å². The molecule has 0 aromatic carbocycles. The van der Waals surface area contributed by atoms with Crippen molar-refractivity contribution in [1.29, 1.82) is 0 Å². The van der Waals surface area contributed by atoms with Gasteiger partial charge in [-0.3, -0.25) is 4.79 Å². The first-order chi connectivity index (χ1) is 7.05. The molecule has 15 heavy (non-hydrogen) atoms. The van der Waals surface area contributed by atoms with Crippen LogP contribution in [0.4, 0.5) is 0 Å². The molecule has 0 radical (unpaired) electrons. The largest absolute Gasteiger partial charge is 0.341 e. The molecule has 1 fully saturated rings. The summed E-state index contributed by atoms with van der Waals surface area (Å²) in [6.45, 7) is 11.0. The molecule has 0 aliphatic carbocycles. The predicted molar refractivity (Wildman–Crippen MR) is 62.7 cm³/mol. The fraction of sp³-hybridized carbons (Fsp3) is 0.750. The number of carbonyl (C=O) groups excluding carboxylic acids is 1. The molecule has 86 valence electrons. The molecule has 1 aliphatic heterocycles. The highest BCUT2D eigenvalue weighted by atomic mass is 16.2. The van der Waals surface area contributed by atoms with E-state index in [1.54, 1.807) is 6.08 Å². The molecule has 0 atom stereocenters. The van der Waals surface area contributed by atoms with Gasteiger partial charge in [-0.15, -0.1) is 6.58 Å². The minimum atomic E-state index is 0.213. The normalized spacial score (nSPS) is 20.0. The predicted octanol–water partition coefficient (Wildman–Crippen LogP) is 1.41. The van der Waals surface area contributed by atoms with E-state index in [1.807, 2.05) is 4.90 Å². The molecule has 0 spiro atoms. The van der Waals surface area contributed by atoms with Crippen molar-refractivity contribution in [3.63, 3.8) is 0 Å². The van der Waals surface area contributed by atoms with Crippen LogP contribution in [0.1, 0.15) is 26.7 Å². The Hall–Kier alpha value is -0.830. The fourth-order valence-electron chi connectivity index (χ4n) is 2.03. The molecular formula is C12H22N2O. The van der Waals surface area contributed by atoms with E-state index >= 15 is 0 Å². The van der Waals surface area contributed by atoms with Crippen molar-refractivity contribution in [1.82, 2.24) is 10.2 Å². The summed E-state index contributed by atoms with van der Waals surface area (Å²) in [5, 5.41) is 3.05. The summed E-state index contributed by atoms with van der Waals surface area (Å²) in [6.07, 6.45) is 4.12. The lowest BCUT2D eigenvalue weighted by molar-refractivity contribution is -0.133. The van der Waals surface area contributed by atoms with Crippen molar-refractivity contribution in [2.24, 2.45) is 5.41 Å². The highest BCUT2D eigenvalue weighted by molar-refractivity contribution is 5.78. The van der Waals surface area contributed by atoms with Gasteiger partial charge < -0.3 is 10.2 Å². The van der Waals surface area contributed by atoms with Crippen molar-refractivity contribution in [2.45, 2.75) is 26.7 Å². The van der Waals surface area contributed by atoms with Crippen molar-refractivity contribution in [3.05, 3.63) is 12.7 Å². The summed E-state index contributed by atoms with van der Waals surface area (Å²) < 4.78 is 0. The molecular weight excluding hydrogens is 188 g/mol. The SMILES string of the molecule is C=CCNCC(=O)N1CCCC(C)(C)C1. The summed E-state index contributed by atoms with van der Waals surface area (Å²) in [7, 11) is 0. The van der Waals surface area contributed by atoms with E-state index in [-0.39, 0.29) is 11.3 Å². The standard InChI is InChI=1S/C12H22N2O/c1-4-7-13-9-11(15)14-8-5-6-12(2,3)10-14/h4,13H,1,5-10H2,2-3H3. The van der Waals surface area contributed by atoms with Crippen molar-refractivity contribution < 1.29 is 4.79 Å². The van der Waals surface area contributed by atoms with Crippen LogP contribution in [0, 0.1) is 5.41 Å². The molecule has 1 amide bonds. The first-order valence-electron chi connectivity index (χ1n) is 5.64. The van der Waals surface area contributed by atoms with Crippen LogP contribution < -0.4 is 5.32 Å². The number of hydrogen-bond donors (Lipinski definition) is 1. The van der Waals surface area contributed by atoms with Gasteiger partial charge in [-0.25, -0.2) is 0 Å². The Bertz CT molecular complexity index is 236. The number of rotatable bonds is 4. The number of amides is 1. The van der Waals surface area contributed by atoms with Gasteiger partial charge in [-0.05, 0) is 18.3 Å². The van der Waals surface area contributed by atoms with Crippen LogP contribution in [-0.4, -0.2) is 37.0 Å². The van der Waals surface area contributed by atoms with E-state index in [0.29, 0.717) is 13.1 Å². The van der Waals surface area contributed by atoms with Gasteiger partial charge in [0.1, 0.15) is 0 Å². The van der Waals surface area contributed by atoms with Gasteiger partial charge in [-0.2, -0.15) is 0 Å². The van der Waals surface area contributed by atoms with Crippen LogP contribution in [0.5, 0.6) is 0 Å². The molecule has 0 unspecified atom stereocenters. The van der Waals surface area contributed by atoms with Crippen LogP contribution in [-0.2, 0) is 4.79 Å². The maximum Gasteiger partial charge on any atom is 0.236 e. The Morgan fingerprint density at radius 2 is 2.33 bits per heavy atom. The van der Waals surface area contributed by atoms with Crippen molar-refractivity contribution in [3.8, 4) is 0 Å². The zero-order valence-corrected chi connectivity index (χ0v) is 9.88. The fourth-order valence-corrected chi connectivity index (χ4v) is 2.03. The van der Waals surface area contributed by atoms with Gasteiger partial charge in [0.05, 0.1) is 6.54 Å². The van der Waals surface area contributed by atoms with E-state index in [4.69, 9.17) is 0 Å². The second-order valence-corrected chi connectivity index (χ2v) is 5.00. The lowest BCUT2D eigenvalue weighted by atomic mass is 9.84. The minimum absolute atomic E-state index is 0.213. The van der Waals surface area contributed by atoms with E-state index in [9.17, 15) is 4.79 Å². The summed E-state index contributed by atoms with van der Waals surface area (Å²) in [5.41, 5.74) is 0.284. The highest BCUT2D eigenvalue weighted by Gasteiger charge is 2.28. The minimum Gasteiger partial charge on any atom is -0.341 e. The average molecular weight is 210 g/mol. The first-order valence-corrected chi connectivity index (χ1v) is 5.64. The second kappa shape index (κ2) is 5.31. The molecule has 1 heterocycles. The van der Waals surface area contributed by atoms with Gasteiger partial charge in [0.2, 0.25) is 5.91 Å². The quantitative estimate of drug-likeness (QED) is 0.562. The Morgan fingerprint density at radius 1 is 1.60 bits per heavy atom. The summed E-state index contributed by atoms with van der Waals surface area (Å²) in [6, 6.07) is 0. The van der Waals surface area contributed by atoms with Crippen LogP contribution in [0.2, 0.25) is 0 Å². The van der Waals surface area contributed by atoms with Gasteiger partial charge in [0, 0.05) is 19.6 Å². The van der Waals surface area contributed by atoms with Crippen LogP contribution in [0.25, 0.3) is 0 Å². The highest BCUT2D eigenvalue weighted by Crippen LogP contribution is 2.28. The third kappa shape index (κ3) is 4.04. The Labute approximate surface area is 92.5 Å². The lowest BCUT2D eigenvalue weighted by Gasteiger charge is -2.38. The Morgan fingerprint density at radius 3 is 2.93 bits per heavy atom. The molecule has 0 saturated carbocycles. The molecule has 1 saturated heterocycles. The molecule has 1 rings (SSSR count). The van der Waals surface area contributed by atoms with E-state index < -0.39 is 0 Å². The number of likely N-dealkylation sites (tertiary alicyclic amines) is 1. The van der Waals surface area contributed by atoms with Crippen LogP contribution in [0.3, 0.4) is 0 Å². The summed E-state index contributed by atoms with van der Waals surface area (Å²) >= 11 is 0. The van der Waals surface area contributed by atoms with Crippen molar-refractivity contribution >= 4 is 5.91 Å². The van der Waals surface area contributed by atoms with E-state index in [1.165, 1.54) is 6.42 Å². The first kappa shape index (κ1) is 12.2. The molecule has 3 heteroatoms. The van der Waals surface area contributed by atoms with E-state index in [0.717, 1.165) is 19.5 Å². The number of carbonyl (C=O) groups is 1.